The predicted octanol–water partition coefficient (Wildman–Crippen LogP) is 3.07. The molecule has 0 aromatic rings. The third-order valence-corrected chi connectivity index (χ3v) is 4.76. The number of carbonyl (C=O) groups is 1. The molecule has 0 unspecified atom stereocenters. The molecule has 130 valence electrons. The van der Waals surface area contributed by atoms with Crippen LogP contribution in [0.4, 0.5) is 0 Å². The topological polar surface area (TPSA) is 41.6 Å². The maximum atomic E-state index is 12.0. The predicted molar refractivity (Wildman–Crippen MR) is 92.0 cm³/mol. The fourth-order valence-corrected chi connectivity index (χ4v) is 3.56. The summed E-state index contributed by atoms with van der Waals surface area (Å²) in [4.78, 5) is 14.5. The molecule has 1 aliphatic heterocycles. The summed E-state index contributed by atoms with van der Waals surface area (Å²) in [5.74, 6) is 0.577. The van der Waals surface area contributed by atoms with E-state index in [9.17, 15) is 4.79 Å². The minimum Gasteiger partial charge on any atom is -0.382 e. The van der Waals surface area contributed by atoms with Gasteiger partial charge >= 0.3 is 0 Å². The fraction of sp³-hybridized carbons (Fsp3) is 0.944. The van der Waals surface area contributed by atoms with Gasteiger partial charge in [0.1, 0.15) is 0 Å². The lowest BCUT2D eigenvalue weighted by atomic mass is 9.57. The minimum atomic E-state index is 0.287. The molecule has 4 heteroatoms. The monoisotopic (exact) mass is 312 g/mol. The summed E-state index contributed by atoms with van der Waals surface area (Å²) in [6, 6.07) is 0. The first-order valence-electron chi connectivity index (χ1n) is 9.27. The highest BCUT2D eigenvalue weighted by Gasteiger charge is 2.53. The Morgan fingerprint density at radius 3 is 2.45 bits per heavy atom. The highest BCUT2D eigenvalue weighted by atomic mass is 16.5. The molecule has 1 saturated carbocycles. The summed E-state index contributed by atoms with van der Waals surface area (Å²) in [5, 5.41) is 3.09. The highest BCUT2D eigenvalue weighted by molar-refractivity contribution is 5.79. The average molecular weight is 312 g/mol. The van der Waals surface area contributed by atoms with E-state index in [1.165, 1.54) is 13.1 Å². The van der Waals surface area contributed by atoms with Gasteiger partial charge in [0.2, 0.25) is 5.91 Å². The van der Waals surface area contributed by atoms with Crippen LogP contribution in [-0.4, -0.2) is 50.2 Å². The molecule has 2 fully saturated rings. The molecule has 4 nitrogen and oxygen atoms in total. The third-order valence-electron chi connectivity index (χ3n) is 4.76. The van der Waals surface area contributed by atoms with Crippen LogP contribution in [0.1, 0.15) is 59.8 Å². The Labute approximate surface area is 137 Å². The Morgan fingerprint density at radius 2 is 1.86 bits per heavy atom. The Hall–Kier alpha value is -0.610. The molecule has 0 radical (unpaired) electrons. The standard InChI is InChI=1S/C16H30N2O2.C2H6/c1-3-18-12-16(13-18)10-14(11-16)15(19)17-8-6-5-7-9-20-4-2;1-2/h14H,3-13H2,1-2H3,(H,17,19);1-2H3. The van der Waals surface area contributed by atoms with Gasteiger partial charge in [-0.25, -0.2) is 0 Å². The number of rotatable bonds is 9. The molecular weight excluding hydrogens is 276 g/mol. The van der Waals surface area contributed by atoms with E-state index in [0.29, 0.717) is 5.41 Å². The maximum absolute atomic E-state index is 12.0. The van der Waals surface area contributed by atoms with Crippen LogP contribution in [0.3, 0.4) is 0 Å². The van der Waals surface area contributed by atoms with Crippen molar-refractivity contribution in [1.29, 1.82) is 0 Å². The molecule has 2 rings (SSSR count). The molecule has 2 aliphatic rings. The normalized spacial score (nSPS) is 19.8. The average Bonchev–Trinajstić information content (AvgIpc) is 2.46. The van der Waals surface area contributed by atoms with Gasteiger partial charge in [0.25, 0.3) is 0 Å². The number of likely N-dealkylation sites (tertiary alicyclic amines) is 1. The van der Waals surface area contributed by atoms with Crippen LogP contribution < -0.4 is 5.32 Å². The third kappa shape index (κ3) is 5.54. The van der Waals surface area contributed by atoms with Crippen molar-refractivity contribution in [1.82, 2.24) is 10.2 Å². The zero-order chi connectivity index (χ0) is 16.4. The van der Waals surface area contributed by atoms with E-state index in [0.717, 1.165) is 58.4 Å². The van der Waals surface area contributed by atoms with Crippen LogP contribution in [0, 0.1) is 11.3 Å². The number of carbonyl (C=O) groups excluding carboxylic acids is 1. The number of unbranched alkanes of at least 4 members (excludes halogenated alkanes) is 2. The molecule has 1 spiro atoms. The molecule has 1 amide bonds. The van der Waals surface area contributed by atoms with E-state index in [1.54, 1.807) is 0 Å². The van der Waals surface area contributed by atoms with Gasteiger partial charge in [-0.3, -0.25) is 4.79 Å². The van der Waals surface area contributed by atoms with E-state index in [1.807, 2.05) is 20.8 Å². The number of hydrogen-bond donors (Lipinski definition) is 1. The fourth-order valence-electron chi connectivity index (χ4n) is 3.56. The molecule has 0 atom stereocenters. The van der Waals surface area contributed by atoms with Crippen molar-refractivity contribution in [2.24, 2.45) is 11.3 Å². The van der Waals surface area contributed by atoms with E-state index >= 15 is 0 Å². The molecular formula is C18H36N2O2. The summed E-state index contributed by atoms with van der Waals surface area (Å²) < 4.78 is 5.29. The Kier molecular flexibility index (Phi) is 9.03. The zero-order valence-electron chi connectivity index (χ0n) is 15.1. The van der Waals surface area contributed by atoms with Gasteiger partial charge in [-0.15, -0.1) is 0 Å². The Morgan fingerprint density at radius 1 is 1.18 bits per heavy atom. The van der Waals surface area contributed by atoms with Crippen LogP contribution in [0.2, 0.25) is 0 Å². The molecule has 1 aliphatic carbocycles. The molecule has 1 saturated heterocycles. The second kappa shape index (κ2) is 10.2. The van der Waals surface area contributed by atoms with E-state index < -0.39 is 0 Å². The first-order chi connectivity index (χ1) is 10.7. The van der Waals surface area contributed by atoms with E-state index in [-0.39, 0.29) is 11.8 Å². The molecule has 0 aromatic heterocycles. The van der Waals surface area contributed by atoms with Gasteiger partial charge in [0, 0.05) is 38.8 Å². The molecule has 0 aromatic carbocycles. The van der Waals surface area contributed by atoms with Crippen molar-refractivity contribution in [3.63, 3.8) is 0 Å². The first-order valence-corrected chi connectivity index (χ1v) is 9.27. The zero-order valence-corrected chi connectivity index (χ0v) is 15.1. The van der Waals surface area contributed by atoms with Crippen LogP contribution in [0.15, 0.2) is 0 Å². The molecule has 0 bridgehead atoms. The lowest BCUT2D eigenvalue weighted by Crippen LogP contribution is -2.63. The highest BCUT2D eigenvalue weighted by Crippen LogP contribution is 2.51. The summed E-state index contributed by atoms with van der Waals surface area (Å²) >= 11 is 0. The second-order valence-electron chi connectivity index (χ2n) is 6.46. The largest absolute Gasteiger partial charge is 0.382 e. The quantitative estimate of drug-likeness (QED) is 0.665. The number of hydrogen-bond acceptors (Lipinski definition) is 3. The van der Waals surface area contributed by atoms with Crippen molar-refractivity contribution >= 4 is 5.91 Å². The number of amides is 1. The van der Waals surface area contributed by atoms with E-state index in [2.05, 4.69) is 17.1 Å². The van der Waals surface area contributed by atoms with Crippen LogP contribution in [0.5, 0.6) is 0 Å². The number of nitrogens with one attached hydrogen (secondary N) is 1. The van der Waals surface area contributed by atoms with Gasteiger partial charge in [0.15, 0.2) is 0 Å². The lowest BCUT2D eigenvalue weighted by molar-refractivity contribution is -0.143. The van der Waals surface area contributed by atoms with Crippen LogP contribution in [0.25, 0.3) is 0 Å². The van der Waals surface area contributed by atoms with Gasteiger partial charge in [-0.1, -0.05) is 20.8 Å². The van der Waals surface area contributed by atoms with Crippen molar-refractivity contribution in [2.75, 3.05) is 39.4 Å². The van der Waals surface area contributed by atoms with Gasteiger partial charge < -0.3 is 15.0 Å². The Bertz CT molecular complexity index is 306. The maximum Gasteiger partial charge on any atom is 0.223 e. The van der Waals surface area contributed by atoms with Crippen molar-refractivity contribution < 1.29 is 9.53 Å². The Balaban J connectivity index is 0.00000116. The van der Waals surface area contributed by atoms with Gasteiger partial charge in [-0.2, -0.15) is 0 Å². The summed E-state index contributed by atoms with van der Waals surface area (Å²) in [7, 11) is 0. The van der Waals surface area contributed by atoms with Gasteiger partial charge in [0.05, 0.1) is 0 Å². The molecule has 22 heavy (non-hydrogen) atoms. The van der Waals surface area contributed by atoms with Crippen molar-refractivity contribution in [3.05, 3.63) is 0 Å². The lowest BCUT2D eigenvalue weighted by Gasteiger charge is -2.58. The smallest absolute Gasteiger partial charge is 0.223 e. The second-order valence-corrected chi connectivity index (χ2v) is 6.46. The summed E-state index contributed by atoms with van der Waals surface area (Å²) in [5.41, 5.74) is 0.509. The SMILES string of the molecule is CC.CCOCCCCCNC(=O)C1CC2(C1)CN(CC)C2. The summed E-state index contributed by atoms with van der Waals surface area (Å²) in [6.07, 6.45) is 5.53. The summed E-state index contributed by atoms with van der Waals surface area (Å²) in [6.45, 7) is 14.3. The van der Waals surface area contributed by atoms with Crippen LogP contribution in [-0.2, 0) is 9.53 Å². The van der Waals surface area contributed by atoms with Crippen molar-refractivity contribution in [3.8, 4) is 0 Å². The number of ether oxygens (including phenoxy) is 1. The molecule has 1 heterocycles. The molecule has 1 N–H and O–H groups in total. The van der Waals surface area contributed by atoms with Crippen LogP contribution >= 0.6 is 0 Å². The number of nitrogens with zero attached hydrogens (tertiary/aromatic N) is 1. The van der Waals surface area contributed by atoms with Crippen molar-refractivity contribution in [2.45, 2.75) is 59.8 Å². The van der Waals surface area contributed by atoms with E-state index in [4.69, 9.17) is 4.74 Å². The first kappa shape index (κ1) is 19.4. The van der Waals surface area contributed by atoms with Gasteiger partial charge in [-0.05, 0) is 51.0 Å². The minimum absolute atomic E-state index is 0.287.